The lowest BCUT2D eigenvalue weighted by Gasteiger charge is -2.13. The van der Waals surface area contributed by atoms with Crippen molar-refractivity contribution in [2.45, 2.75) is 6.42 Å². The molecule has 4 aromatic rings. The minimum absolute atomic E-state index is 0.755. The molecule has 1 nitrogen and oxygen atoms in total. The lowest BCUT2D eigenvalue weighted by atomic mass is 9.91. The molecule has 0 aliphatic heterocycles. The summed E-state index contributed by atoms with van der Waals surface area (Å²) in [5.41, 5.74) is 1.25. The van der Waals surface area contributed by atoms with Gasteiger partial charge in [-0.3, -0.25) is 0 Å². The number of benzene rings is 4. The number of rotatable bonds is 2. The van der Waals surface area contributed by atoms with Gasteiger partial charge in [0.25, 0.3) is 0 Å². The Morgan fingerprint density at radius 3 is 2.15 bits per heavy atom. The predicted octanol–water partition coefficient (Wildman–Crippen LogP) is 5.20. The Bertz CT molecular complexity index is 919. The molecule has 0 radical (unpaired) electrons. The minimum atomic E-state index is 0.755. The maximum atomic E-state index is 8.89. The molecule has 20 heavy (non-hydrogen) atoms. The summed E-state index contributed by atoms with van der Waals surface area (Å²) < 4.78 is 0. The van der Waals surface area contributed by atoms with Crippen LogP contribution in [0.25, 0.3) is 32.3 Å². The van der Waals surface area contributed by atoms with E-state index in [4.69, 9.17) is 5.11 Å². The van der Waals surface area contributed by atoms with Gasteiger partial charge in [-0.05, 0) is 50.4 Å². The number of allylic oxidation sites excluding steroid dienone is 1. The molecule has 0 amide bonds. The zero-order chi connectivity index (χ0) is 13.5. The maximum Gasteiger partial charge on any atom is 0.0755 e. The summed E-state index contributed by atoms with van der Waals surface area (Å²) in [6.45, 7) is 0. The Morgan fingerprint density at radius 1 is 0.750 bits per heavy atom. The van der Waals surface area contributed by atoms with E-state index in [0.717, 1.165) is 12.7 Å². The van der Waals surface area contributed by atoms with Crippen molar-refractivity contribution in [1.82, 2.24) is 0 Å². The highest BCUT2D eigenvalue weighted by molar-refractivity contribution is 6.23. The molecule has 4 aromatic carbocycles. The quantitative estimate of drug-likeness (QED) is 0.387. The molecular formula is C19H14O. The van der Waals surface area contributed by atoms with Crippen LogP contribution in [0.1, 0.15) is 5.56 Å². The summed E-state index contributed by atoms with van der Waals surface area (Å²) >= 11 is 0. The highest BCUT2D eigenvalue weighted by Crippen LogP contribution is 2.35. The van der Waals surface area contributed by atoms with Gasteiger partial charge in [0.05, 0.1) is 6.26 Å². The van der Waals surface area contributed by atoms with Crippen molar-refractivity contribution in [3.63, 3.8) is 0 Å². The zero-order valence-corrected chi connectivity index (χ0v) is 11.0. The van der Waals surface area contributed by atoms with Crippen molar-refractivity contribution in [3.05, 3.63) is 72.5 Å². The van der Waals surface area contributed by atoms with Gasteiger partial charge in [0, 0.05) is 0 Å². The summed E-state index contributed by atoms with van der Waals surface area (Å²) in [6.07, 6.45) is 3.66. The van der Waals surface area contributed by atoms with E-state index < -0.39 is 0 Å². The average Bonchev–Trinajstić information content (AvgIpc) is 2.51. The molecule has 0 spiro atoms. The molecule has 0 unspecified atom stereocenters. The van der Waals surface area contributed by atoms with E-state index in [-0.39, 0.29) is 0 Å². The Morgan fingerprint density at radius 2 is 1.40 bits per heavy atom. The molecule has 0 aromatic heterocycles. The van der Waals surface area contributed by atoms with Gasteiger partial charge >= 0.3 is 0 Å². The van der Waals surface area contributed by atoms with Crippen molar-refractivity contribution in [2.24, 2.45) is 0 Å². The van der Waals surface area contributed by atoms with Crippen LogP contribution in [0.3, 0.4) is 0 Å². The summed E-state index contributed by atoms with van der Waals surface area (Å²) in [7, 11) is 0. The summed E-state index contributed by atoms with van der Waals surface area (Å²) in [4.78, 5) is 0. The van der Waals surface area contributed by atoms with Gasteiger partial charge in [0.15, 0.2) is 0 Å². The fourth-order valence-corrected chi connectivity index (χ4v) is 3.15. The van der Waals surface area contributed by atoms with Crippen LogP contribution in [-0.2, 0) is 6.42 Å². The van der Waals surface area contributed by atoms with Crippen LogP contribution in [0.5, 0.6) is 0 Å². The second-order valence-electron chi connectivity index (χ2n) is 5.17. The van der Waals surface area contributed by atoms with Crippen LogP contribution >= 0.6 is 0 Å². The summed E-state index contributed by atoms with van der Waals surface area (Å²) in [5.74, 6) is 0. The second kappa shape index (κ2) is 4.24. The van der Waals surface area contributed by atoms with Gasteiger partial charge < -0.3 is 5.11 Å². The van der Waals surface area contributed by atoms with Crippen molar-refractivity contribution in [1.29, 1.82) is 0 Å². The summed E-state index contributed by atoms with van der Waals surface area (Å²) in [6, 6.07) is 19.5. The second-order valence-corrected chi connectivity index (χ2v) is 5.17. The van der Waals surface area contributed by atoms with Crippen molar-refractivity contribution in [3.8, 4) is 0 Å². The van der Waals surface area contributed by atoms with Crippen LogP contribution in [0, 0.1) is 0 Å². The van der Waals surface area contributed by atoms with E-state index in [2.05, 4.69) is 54.6 Å². The molecule has 1 N–H and O–H groups in total. The largest absolute Gasteiger partial charge is 0.516 e. The van der Waals surface area contributed by atoms with Crippen molar-refractivity contribution in [2.75, 3.05) is 0 Å². The highest BCUT2D eigenvalue weighted by atomic mass is 16.2. The van der Waals surface area contributed by atoms with Gasteiger partial charge in [-0.2, -0.15) is 0 Å². The first-order valence-corrected chi connectivity index (χ1v) is 6.83. The molecule has 0 aliphatic carbocycles. The normalized spacial score (nSPS) is 12.2. The molecule has 4 rings (SSSR count). The molecule has 1 heteroatoms. The number of aliphatic hydroxyl groups is 1. The van der Waals surface area contributed by atoms with E-state index in [0.29, 0.717) is 0 Å². The first kappa shape index (κ1) is 11.3. The fourth-order valence-electron chi connectivity index (χ4n) is 3.15. The third-order valence-electron chi connectivity index (χ3n) is 4.06. The van der Waals surface area contributed by atoms with E-state index >= 15 is 0 Å². The molecule has 96 valence electrons. The third-order valence-corrected chi connectivity index (χ3v) is 4.06. The Kier molecular flexibility index (Phi) is 2.40. The molecule has 0 bridgehead atoms. The molecule has 0 heterocycles. The van der Waals surface area contributed by atoms with Gasteiger partial charge in [-0.1, -0.05) is 54.6 Å². The molecular weight excluding hydrogens is 244 g/mol. The van der Waals surface area contributed by atoms with E-state index in [1.807, 2.05) is 0 Å². The fraction of sp³-hybridized carbons (Fsp3) is 0.0526. The topological polar surface area (TPSA) is 20.2 Å². The Hall–Kier alpha value is -2.54. The van der Waals surface area contributed by atoms with E-state index in [9.17, 15) is 0 Å². The number of hydrogen-bond donors (Lipinski definition) is 1. The standard InChI is InChI=1S/C19H14O/c20-12-2-5-13-6-7-16-9-8-14-3-1-4-15-10-11-17(13)19(16)18(14)15/h1-4,6-12,20H,5H2. The smallest absolute Gasteiger partial charge is 0.0755 e. The minimum Gasteiger partial charge on any atom is -0.516 e. The third kappa shape index (κ3) is 1.50. The van der Waals surface area contributed by atoms with Crippen LogP contribution in [0.15, 0.2) is 66.9 Å². The van der Waals surface area contributed by atoms with Crippen LogP contribution in [0.4, 0.5) is 0 Å². The Labute approximate surface area is 117 Å². The van der Waals surface area contributed by atoms with E-state index in [1.165, 1.54) is 37.9 Å². The molecule has 0 saturated heterocycles. The predicted molar refractivity (Wildman–Crippen MR) is 85.6 cm³/mol. The maximum absolute atomic E-state index is 8.89. The number of hydrogen-bond acceptors (Lipinski definition) is 1. The van der Waals surface area contributed by atoms with Crippen LogP contribution < -0.4 is 0 Å². The lowest BCUT2D eigenvalue weighted by Crippen LogP contribution is -1.89. The van der Waals surface area contributed by atoms with Gasteiger partial charge in [-0.15, -0.1) is 0 Å². The number of aliphatic hydroxyl groups excluding tert-OH is 1. The Balaban J connectivity index is 2.20. The van der Waals surface area contributed by atoms with Crippen LogP contribution in [-0.4, -0.2) is 5.11 Å². The van der Waals surface area contributed by atoms with Crippen molar-refractivity contribution >= 4 is 32.3 Å². The average molecular weight is 258 g/mol. The molecule has 0 aliphatic rings. The van der Waals surface area contributed by atoms with Gasteiger partial charge in [0.1, 0.15) is 0 Å². The molecule has 0 fully saturated rings. The first-order chi connectivity index (χ1) is 9.88. The van der Waals surface area contributed by atoms with Gasteiger partial charge in [-0.25, -0.2) is 0 Å². The SMILES string of the molecule is OC=CCc1ccc2ccc3cccc4ccc1c2c34. The zero-order valence-electron chi connectivity index (χ0n) is 11.0. The molecule has 0 saturated carbocycles. The van der Waals surface area contributed by atoms with E-state index in [1.54, 1.807) is 6.08 Å². The van der Waals surface area contributed by atoms with Crippen LogP contribution in [0.2, 0.25) is 0 Å². The van der Waals surface area contributed by atoms with Gasteiger partial charge in [0.2, 0.25) is 0 Å². The van der Waals surface area contributed by atoms with Crippen molar-refractivity contribution < 1.29 is 5.11 Å². The lowest BCUT2D eigenvalue weighted by molar-refractivity contribution is 0.471. The molecule has 0 atom stereocenters. The highest BCUT2D eigenvalue weighted by Gasteiger charge is 2.09. The summed E-state index contributed by atoms with van der Waals surface area (Å²) in [5, 5.41) is 16.7. The first-order valence-electron chi connectivity index (χ1n) is 6.83. The monoisotopic (exact) mass is 258 g/mol.